The number of likely N-dealkylation sites (tertiary alicyclic amines) is 1. The summed E-state index contributed by atoms with van der Waals surface area (Å²) in [5, 5.41) is 0.629. The number of hydrogen-bond acceptors (Lipinski definition) is 3. The van der Waals surface area contributed by atoms with Gasteiger partial charge in [0.25, 0.3) is 0 Å². The second kappa shape index (κ2) is 9.06. The molecule has 2 heterocycles. The number of alkyl halides is 3. The second-order valence-electron chi connectivity index (χ2n) is 8.26. The number of hydrogen-bond donors (Lipinski definition) is 1. The smallest absolute Gasteiger partial charge is 0.393 e. The van der Waals surface area contributed by atoms with E-state index in [0.29, 0.717) is 39.6 Å². The van der Waals surface area contributed by atoms with Crippen molar-refractivity contribution in [1.29, 1.82) is 0 Å². The molecule has 7 heteroatoms. The summed E-state index contributed by atoms with van der Waals surface area (Å²) in [5.74, 6) is 1.35. The highest BCUT2D eigenvalue weighted by molar-refractivity contribution is 5.91. The number of halogens is 3. The molecule has 2 aromatic carbocycles. The van der Waals surface area contributed by atoms with Crippen molar-refractivity contribution in [1.82, 2.24) is 9.88 Å². The molecule has 0 unspecified atom stereocenters. The van der Waals surface area contributed by atoms with Gasteiger partial charge in [0.05, 0.1) is 26.3 Å². The Kier molecular flexibility index (Phi) is 6.38. The van der Waals surface area contributed by atoms with Crippen molar-refractivity contribution in [2.24, 2.45) is 0 Å². The first-order valence-corrected chi connectivity index (χ1v) is 10.8. The number of H-pyrrole nitrogens is 1. The molecule has 0 amide bonds. The third-order valence-electron chi connectivity index (χ3n) is 6.35. The summed E-state index contributed by atoms with van der Waals surface area (Å²) in [6, 6.07) is 11.1. The lowest BCUT2D eigenvalue weighted by atomic mass is 9.88. The number of aromatic nitrogens is 1. The van der Waals surface area contributed by atoms with Crippen LogP contribution in [0, 0.1) is 6.92 Å². The van der Waals surface area contributed by atoms with E-state index in [0.717, 1.165) is 38.0 Å². The number of rotatable bonds is 6. The van der Waals surface area contributed by atoms with E-state index in [-0.39, 0.29) is 5.56 Å². The monoisotopic (exact) mass is 445 g/mol. The number of piperidine rings is 1. The Morgan fingerprint density at radius 2 is 1.75 bits per heavy atom. The predicted molar refractivity (Wildman–Crippen MR) is 120 cm³/mol. The Labute approximate surface area is 186 Å². The highest BCUT2D eigenvalue weighted by Crippen LogP contribution is 2.40. The average Bonchev–Trinajstić information content (AvgIpc) is 3.14. The van der Waals surface area contributed by atoms with Crippen molar-refractivity contribution in [2.75, 3.05) is 33.9 Å². The summed E-state index contributed by atoms with van der Waals surface area (Å²) < 4.78 is 51.4. The maximum atomic E-state index is 13.6. The third-order valence-corrected chi connectivity index (χ3v) is 6.35. The van der Waals surface area contributed by atoms with Crippen LogP contribution in [0.4, 0.5) is 13.2 Å². The van der Waals surface area contributed by atoms with E-state index in [4.69, 9.17) is 9.47 Å². The fourth-order valence-corrected chi connectivity index (χ4v) is 4.63. The van der Waals surface area contributed by atoms with Crippen LogP contribution in [0.25, 0.3) is 22.2 Å². The van der Waals surface area contributed by atoms with Crippen LogP contribution in [-0.4, -0.2) is 49.9 Å². The van der Waals surface area contributed by atoms with Gasteiger partial charge in [-0.15, -0.1) is 0 Å². The molecule has 171 valence electrons. The Hall–Kier alpha value is -2.67. The van der Waals surface area contributed by atoms with E-state index in [1.807, 2.05) is 18.2 Å². The third kappa shape index (κ3) is 4.58. The lowest BCUT2D eigenvalue weighted by Gasteiger charge is -2.31. The molecule has 4 nitrogen and oxygen atoms in total. The Bertz CT molecular complexity index is 1080. The van der Waals surface area contributed by atoms with Crippen molar-refractivity contribution in [2.45, 2.75) is 31.4 Å². The van der Waals surface area contributed by atoms with E-state index in [9.17, 15) is 13.2 Å². The van der Waals surface area contributed by atoms with E-state index in [1.165, 1.54) is 14.2 Å². The number of benzene rings is 2. The van der Waals surface area contributed by atoms with Gasteiger partial charge in [-0.2, -0.15) is 13.2 Å². The first kappa shape index (κ1) is 22.5. The van der Waals surface area contributed by atoms with Gasteiger partial charge in [0.15, 0.2) is 11.5 Å². The fraction of sp³-hybridized carbons (Fsp3) is 0.400. The number of ether oxygens (including phenoxy) is 2. The van der Waals surface area contributed by atoms with Gasteiger partial charge in [0.1, 0.15) is 0 Å². The summed E-state index contributed by atoms with van der Waals surface area (Å²) in [6.45, 7) is 6.66. The van der Waals surface area contributed by atoms with Crippen molar-refractivity contribution in [3.63, 3.8) is 0 Å². The van der Waals surface area contributed by atoms with Crippen LogP contribution in [0.3, 0.4) is 0 Å². The van der Waals surface area contributed by atoms with Crippen LogP contribution >= 0.6 is 0 Å². The normalized spacial score (nSPS) is 15.9. The van der Waals surface area contributed by atoms with Crippen molar-refractivity contribution in [3.05, 3.63) is 54.4 Å². The molecule has 0 bridgehead atoms. The van der Waals surface area contributed by atoms with Gasteiger partial charge in [0, 0.05) is 16.5 Å². The van der Waals surface area contributed by atoms with Crippen molar-refractivity contribution < 1.29 is 22.6 Å². The van der Waals surface area contributed by atoms with Gasteiger partial charge < -0.3 is 19.4 Å². The predicted octanol–water partition coefficient (Wildman–Crippen LogP) is 5.97. The first-order valence-electron chi connectivity index (χ1n) is 10.8. The molecule has 3 aromatic rings. The summed E-state index contributed by atoms with van der Waals surface area (Å²) in [7, 11) is 3.04. The van der Waals surface area contributed by atoms with E-state index < -0.39 is 12.6 Å². The molecule has 1 aliphatic heterocycles. The molecule has 0 saturated carbocycles. The fourth-order valence-electron chi connectivity index (χ4n) is 4.63. The largest absolute Gasteiger partial charge is 0.493 e. The molecular formula is C25H28F3N2O2. The van der Waals surface area contributed by atoms with Crippen LogP contribution in [0.2, 0.25) is 0 Å². The Balaban J connectivity index is 1.79. The van der Waals surface area contributed by atoms with Gasteiger partial charge >= 0.3 is 6.18 Å². The highest BCUT2D eigenvalue weighted by Gasteiger charge is 2.32. The quantitative estimate of drug-likeness (QED) is 0.508. The lowest BCUT2D eigenvalue weighted by molar-refractivity contribution is -0.126. The highest BCUT2D eigenvalue weighted by atomic mass is 19.4. The van der Waals surface area contributed by atoms with Crippen LogP contribution in [0.1, 0.15) is 29.9 Å². The number of fused-ring (bicyclic) bond motifs is 1. The van der Waals surface area contributed by atoms with E-state index in [1.54, 1.807) is 18.2 Å². The zero-order valence-electron chi connectivity index (χ0n) is 18.4. The van der Waals surface area contributed by atoms with Gasteiger partial charge in [0.2, 0.25) is 0 Å². The van der Waals surface area contributed by atoms with E-state index >= 15 is 0 Å². The van der Waals surface area contributed by atoms with Crippen molar-refractivity contribution in [3.8, 4) is 22.8 Å². The maximum Gasteiger partial charge on any atom is 0.393 e. The zero-order valence-corrected chi connectivity index (χ0v) is 18.4. The molecule has 0 atom stereocenters. The Morgan fingerprint density at radius 1 is 1.03 bits per heavy atom. The molecule has 4 rings (SSSR count). The van der Waals surface area contributed by atoms with Gasteiger partial charge in [-0.25, -0.2) is 0 Å². The molecule has 1 fully saturated rings. The molecule has 0 aliphatic carbocycles. The van der Waals surface area contributed by atoms with Crippen LogP contribution in [0.15, 0.2) is 36.4 Å². The van der Waals surface area contributed by atoms with Crippen LogP contribution in [0.5, 0.6) is 11.5 Å². The van der Waals surface area contributed by atoms with Crippen LogP contribution < -0.4 is 9.47 Å². The summed E-state index contributed by atoms with van der Waals surface area (Å²) in [5.41, 5.74) is 3.15. The molecule has 32 heavy (non-hydrogen) atoms. The maximum absolute atomic E-state index is 13.6. The molecule has 1 aromatic heterocycles. The second-order valence-corrected chi connectivity index (χ2v) is 8.26. The van der Waals surface area contributed by atoms with E-state index in [2.05, 4.69) is 16.8 Å². The number of methoxy groups -OCH3 is 2. The molecule has 0 spiro atoms. The van der Waals surface area contributed by atoms with Crippen molar-refractivity contribution >= 4 is 10.9 Å². The zero-order chi connectivity index (χ0) is 22.9. The summed E-state index contributed by atoms with van der Waals surface area (Å²) >= 11 is 0. The minimum atomic E-state index is -4.32. The number of nitrogens with zero attached hydrogens (tertiary/aromatic N) is 1. The number of aromatic amines is 1. The first-order chi connectivity index (χ1) is 15.3. The number of nitrogens with one attached hydrogen (secondary N) is 1. The summed E-state index contributed by atoms with van der Waals surface area (Å²) in [6.07, 6.45) is -3.35. The molecule has 1 radical (unpaired) electrons. The average molecular weight is 446 g/mol. The van der Waals surface area contributed by atoms with Crippen LogP contribution in [-0.2, 0) is 6.42 Å². The van der Waals surface area contributed by atoms with Gasteiger partial charge in [-0.3, -0.25) is 0 Å². The molecule has 1 saturated heterocycles. The Morgan fingerprint density at radius 3 is 2.38 bits per heavy atom. The minimum Gasteiger partial charge on any atom is -0.493 e. The minimum absolute atomic E-state index is 0.261. The molecule has 1 aliphatic rings. The SMILES string of the molecule is [CH2]CN1CCC(c2ccc3[nH]c(-c4ccc(OC)c(OC)c4)c(CC(F)(F)F)c3c2)CC1. The summed E-state index contributed by atoms with van der Waals surface area (Å²) in [4.78, 5) is 5.53. The topological polar surface area (TPSA) is 37.5 Å². The van der Waals surface area contributed by atoms with Gasteiger partial charge in [-0.05, 0) is 86.8 Å². The molecule has 1 N–H and O–H groups in total. The lowest BCUT2D eigenvalue weighted by Crippen LogP contribution is -2.32. The molecular weight excluding hydrogens is 417 g/mol. The van der Waals surface area contributed by atoms with Gasteiger partial charge in [-0.1, -0.05) is 6.07 Å². The standard InChI is InChI=1S/C25H28F3N2O2/c1-4-30-11-9-16(10-12-30)17-5-7-21-19(13-17)20(15-25(26,27)28)24(29-21)18-6-8-22(31-2)23(14-18)32-3/h5-8,13-14,16,29H,1,4,9-12,15H2,2-3H3.